The van der Waals surface area contributed by atoms with Gasteiger partial charge in [-0.1, -0.05) is 0 Å². The van der Waals surface area contributed by atoms with Gasteiger partial charge >= 0.3 is 5.91 Å². The number of quaternary nitrogens is 1. The van der Waals surface area contributed by atoms with Crippen LogP contribution in [0.4, 0.5) is 0 Å². The largest absolute Gasteiger partial charge is 0.370 e. The van der Waals surface area contributed by atoms with Crippen LogP contribution in [0.5, 0.6) is 0 Å². The molecule has 0 aliphatic rings. The lowest BCUT2D eigenvalue weighted by atomic mass is 10.0. The van der Waals surface area contributed by atoms with Gasteiger partial charge in [-0.15, -0.1) is 4.59 Å². The van der Waals surface area contributed by atoms with E-state index in [9.17, 15) is 9.59 Å². The summed E-state index contributed by atoms with van der Waals surface area (Å²) in [6, 6.07) is -1.69. The van der Waals surface area contributed by atoms with E-state index in [1.165, 1.54) is 0 Å². The van der Waals surface area contributed by atoms with Crippen molar-refractivity contribution in [1.29, 1.82) is 0 Å². The zero-order valence-corrected chi connectivity index (χ0v) is 17.0. The third-order valence-corrected chi connectivity index (χ3v) is 4.35. The molecular formula is C16H36N11O2+. The Labute approximate surface area is 171 Å². The molecule has 0 bridgehead atoms. The molecule has 166 valence electrons. The maximum atomic E-state index is 13.2. The molecule has 0 spiro atoms. The van der Waals surface area contributed by atoms with Crippen LogP contribution in [0, 0.1) is 0 Å². The predicted octanol–water partition coefficient (Wildman–Crippen LogP) is -3.07. The monoisotopic (exact) mass is 414 g/mol. The smallest absolute Gasteiger partial charge is 0.357 e. The van der Waals surface area contributed by atoms with Gasteiger partial charge in [0, 0.05) is 19.5 Å². The van der Waals surface area contributed by atoms with Crippen LogP contribution in [0.25, 0.3) is 0 Å². The highest BCUT2D eigenvalue weighted by Crippen LogP contribution is 2.22. The summed E-state index contributed by atoms with van der Waals surface area (Å²) < 4.78 is -0.608. The van der Waals surface area contributed by atoms with Gasteiger partial charge in [-0.25, -0.2) is 4.79 Å². The van der Waals surface area contributed by atoms with Crippen molar-refractivity contribution in [3.63, 3.8) is 0 Å². The van der Waals surface area contributed by atoms with Gasteiger partial charge in [0.15, 0.2) is 24.2 Å². The Hall–Kier alpha value is -2.93. The molecule has 14 N–H and O–H groups in total. The summed E-state index contributed by atoms with van der Waals surface area (Å²) in [6.45, 7) is 2.61. The van der Waals surface area contributed by atoms with E-state index in [1.807, 2.05) is 0 Å². The quantitative estimate of drug-likeness (QED) is 0.0379. The maximum Gasteiger partial charge on any atom is 0.357 e. The highest BCUT2D eigenvalue weighted by molar-refractivity contribution is 5.80. The first-order valence-electron chi connectivity index (χ1n) is 9.45. The van der Waals surface area contributed by atoms with Crippen molar-refractivity contribution < 1.29 is 14.2 Å². The van der Waals surface area contributed by atoms with Gasteiger partial charge in [-0.3, -0.25) is 14.8 Å². The number of guanidine groups is 3. The molecule has 0 aliphatic carbocycles. The maximum absolute atomic E-state index is 13.2. The van der Waals surface area contributed by atoms with E-state index in [0.717, 1.165) is 0 Å². The van der Waals surface area contributed by atoms with Crippen LogP contribution >= 0.6 is 0 Å². The Balaban J connectivity index is 5.35. The fraction of sp³-hybridized carbons (Fsp3) is 0.688. The van der Waals surface area contributed by atoms with Crippen molar-refractivity contribution in [2.75, 3.05) is 19.6 Å². The molecule has 29 heavy (non-hydrogen) atoms. The molecule has 13 nitrogen and oxygen atoms in total. The van der Waals surface area contributed by atoms with Crippen LogP contribution in [0.3, 0.4) is 0 Å². The van der Waals surface area contributed by atoms with Gasteiger partial charge in [0.2, 0.25) is 5.96 Å². The Morgan fingerprint density at radius 1 is 0.897 bits per heavy atom. The van der Waals surface area contributed by atoms with E-state index in [4.69, 9.17) is 40.1 Å². The minimum atomic E-state index is -0.864. The van der Waals surface area contributed by atoms with Gasteiger partial charge < -0.3 is 40.1 Å². The van der Waals surface area contributed by atoms with E-state index >= 15 is 0 Å². The Morgan fingerprint density at radius 3 is 1.90 bits per heavy atom. The highest BCUT2D eigenvalue weighted by Gasteiger charge is 2.46. The molecular weight excluding hydrogens is 378 g/mol. The zero-order chi connectivity index (χ0) is 22.4. The molecule has 0 saturated heterocycles. The van der Waals surface area contributed by atoms with Crippen LogP contribution in [0.15, 0.2) is 15.1 Å². The topological polar surface area (TPSA) is 253 Å². The summed E-state index contributed by atoms with van der Waals surface area (Å²) in [4.78, 5) is 32.8. The number of amides is 1. The van der Waals surface area contributed by atoms with Crippen molar-refractivity contribution >= 4 is 30.1 Å². The number of likely N-dealkylation sites (N-methyl/N-ethyl adjacent to an activating group) is 1. The molecule has 3 atom stereocenters. The van der Waals surface area contributed by atoms with Gasteiger partial charge in [0.1, 0.15) is 12.6 Å². The SMILES string of the molecule is CC[N+](N=C(N)N)(C(=O)[C@@H](N)CCCCN=C(N)N)[C@H](C=O)CCCN=C(N)N. The molecule has 0 aromatic heterocycles. The number of carbonyl (C=O) groups excluding carboxylic acids is 2. The summed E-state index contributed by atoms with van der Waals surface area (Å²) in [5.74, 6) is -0.792. The molecule has 0 aromatic carbocycles. The van der Waals surface area contributed by atoms with E-state index in [1.54, 1.807) is 6.92 Å². The summed E-state index contributed by atoms with van der Waals surface area (Å²) in [5.41, 5.74) is 38.4. The first-order valence-corrected chi connectivity index (χ1v) is 9.45. The van der Waals surface area contributed by atoms with Crippen molar-refractivity contribution in [2.24, 2.45) is 55.2 Å². The zero-order valence-electron chi connectivity index (χ0n) is 17.0. The molecule has 0 fully saturated rings. The average Bonchev–Trinajstić information content (AvgIpc) is 2.64. The molecule has 0 aromatic rings. The van der Waals surface area contributed by atoms with Crippen LogP contribution in [-0.2, 0) is 9.59 Å². The summed E-state index contributed by atoms with van der Waals surface area (Å²) in [5, 5.41) is 4.11. The molecule has 0 rings (SSSR count). The number of aldehydes is 1. The van der Waals surface area contributed by atoms with Crippen LogP contribution in [-0.4, -0.2) is 66.4 Å². The first kappa shape index (κ1) is 26.1. The van der Waals surface area contributed by atoms with E-state index in [2.05, 4.69) is 15.1 Å². The lowest BCUT2D eigenvalue weighted by Crippen LogP contribution is -2.62. The molecule has 0 saturated carbocycles. The number of unbranched alkanes of at least 4 members (excludes halogenated alkanes) is 1. The van der Waals surface area contributed by atoms with Gasteiger partial charge in [-0.05, 0) is 37.7 Å². The van der Waals surface area contributed by atoms with E-state index in [0.29, 0.717) is 51.5 Å². The number of rotatable bonds is 14. The molecule has 1 unspecified atom stereocenters. The minimum Gasteiger partial charge on any atom is -0.370 e. The lowest BCUT2D eigenvalue weighted by Gasteiger charge is -2.34. The first-order chi connectivity index (χ1) is 13.6. The van der Waals surface area contributed by atoms with Crippen LogP contribution in [0.1, 0.15) is 39.0 Å². The number of hydrogen-bond donors (Lipinski definition) is 7. The fourth-order valence-electron chi connectivity index (χ4n) is 2.94. The van der Waals surface area contributed by atoms with Crippen LogP contribution < -0.4 is 40.1 Å². The van der Waals surface area contributed by atoms with Crippen molar-refractivity contribution in [1.82, 2.24) is 0 Å². The average molecular weight is 415 g/mol. The van der Waals surface area contributed by atoms with Crippen molar-refractivity contribution in [3.8, 4) is 0 Å². The second kappa shape index (κ2) is 13.3. The van der Waals surface area contributed by atoms with Crippen LogP contribution in [0.2, 0.25) is 0 Å². The Morgan fingerprint density at radius 2 is 1.45 bits per heavy atom. The van der Waals surface area contributed by atoms with Gasteiger partial charge in [0.05, 0.1) is 0 Å². The van der Waals surface area contributed by atoms with Crippen molar-refractivity contribution in [2.45, 2.75) is 51.1 Å². The number of nitrogens with zero attached hydrogens (tertiary/aromatic N) is 4. The fourth-order valence-corrected chi connectivity index (χ4v) is 2.94. The third-order valence-electron chi connectivity index (χ3n) is 4.35. The molecule has 0 radical (unpaired) electrons. The minimum absolute atomic E-state index is 0.00866. The molecule has 1 amide bonds. The summed E-state index contributed by atoms with van der Waals surface area (Å²) >= 11 is 0. The number of aliphatic imine (C=N–C) groups is 2. The predicted molar refractivity (Wildman–Crippen MR) is 114 cm³/mol. The second-order valence-electron chi connectivity index (χ2n) is 6.57. The van der Waals surface area contributed by atoms with Gasteiger partial charge in [-0.2, -0.15) is 0 Å². The lowest BCUT2D eigenvalue weighted by molar-refractivity contribution is -0.875. The summed E-state index contributed by atoms with van der Waals surface area (Å²) in [7, 11) is 0. The molecule has 0 heterocycles. The van der Waals surface area contributed by atoms with Crippen molar-refractivity contribution in [3.05, 3.63) is 0 Å². The van der Waals surface area contributed by atoms with E-state index in [-0.39, 0.29) is 24.4 Å². The number of hydrogen-bond acceptors (Lipinski definition) is 6. The number of nitrogens with two attached hydrogens (primary N) is 7. The normalized spacial score (nSPS) is 14.7. The molecule has 13 heteroatoms. The third kappa shape index (κ3) is 9.21. The Kier molecular flexibility index (Phi) is 11.9. The Bertz CT molecular complexity index is 608. The number of carbonyl (C=O) groups is 2. The molecule has 0 aliphatic heterocycles. The van der Waals surface area contributed by atoms with E-state index < -0.39 is 22.6 Å². The van der Waals surface area contributed by atoms with Gasteiger partial charge in [0.25, 0.3) is 0 Å². The summed E-state index contributed by atoms with van der Waals surface area (Å²) in [6.07, 6.45) is 3.07. The standard InChI is InChI=1S/C16H36N11O2/c1-2-27(26-16(22)23,11(10-28)6-5-9-25-15(20)21)13(29)12(17)7-3-4-8-24-14(18)19/h10-12H,2-9,17H2,1H3,(H4,18,19,24)(H4,20,21,25)(H4,22,23,26)/q+1/t11-,12-,27?/m0/s1. The second-order valence-corrected chi connectivity index (χ2v) is 6.57. The highest BCUT2D eigenvalue weighted by atomic mass is 16.2.